The third-order valence-corrected chi connectivity index (χ3v) is 4.46. The van der Waals surface area contributed by atoms with Crippen LogP contribution >= 0.6 is 11.8 Å². The monoisotopic (exact) mass is 337 g/mol. The SMILES string of the molecule is C=CCn1c(COc2ccccc2)nnc1SCc1ccccc1. The summed E-state index contributed by atoms with van der Waals surface area (Å²) in [7, 11) is 0. The topological polar surface area (TPSA) is 39.9 Å². The van der Waals surface area contributed by atoms with E-state index in [0.29, 0.717) is 13.2 Å². The van der Waals surface area contributed by atoms with E-state index in [1.54, 1.807) is 11.8 Å². The number of allylic oxidation sites excluding steroid dienone is 1. The number of rotatable bonds is 8. The second-order valence-corrected chi connectivity index (χ2v) is 6.12. The van der Waals surface area contributed by atoms with Crippen LogP contribution in [0.1, 0.15) is 11.4 Å². The van der Waals surface area contributed by atoms with Crippen molar-refractivity contribution >= 4 is 11.8 Å². The van der Waals surface area contributed by atoms with Gasteiger partial charge in [-0.2, -0.15) is 0 Å². The lowest BCUT2D eigenvalue weighted by molar-refractivity contribution is 0.289. The van der Waals surface area contributed by atoms with E-state index in [2.05, 4.69) is 28.9 Å². The van der Waals surface area contributed by atoms with Gasteiger partial charge in [0.2, 0.25) is 0 Å². The zero-order valence-electron chi connectivity index (χ0n) is 13.3. The number of hydrogen-bond donors (Lipinski definition) is 0. The van der Waals surface area contributed by atoms with Crippen molar-refractivity contribution < 1.29 is 4.74 Å². The van der Waals surface area contributed by atoms with Gasteiger partial charge in [0.1, 0.15) is 12.4 Å². The lowest BCUT2D eigenvalue weighted by atomic mass is 10.2. The summed E-state index contributed by atoms with van der Waals surface area (Å²) in [5.41, 5.74) is 1.26. The maximum atomic E-state index is 5.79. The number of hydrogen-bond acceptors (Lipinski definition) is 4. The van der Waals surface area contributed by atoms with Gasteiger partial charge in [0.25, 0.3) is 0 Å². The highest BCUT2D eigenvalue weighted by atomic mass is 32.2. The van der Waals surface area contributed by atoms with Crippen LogP contribution in [-0.4, -0.2) is 14.8 Å². The van der Waals surface area contributed by atoms with E-state index >= 15 is 0 Å². The quantitative estimate of drug-likeness (QED) is 0.453. The molecule has 2 aromatic carbocycles. The molecule has 0 radical (unpaired) electrons. The lowest BCUT2D eigenvalue weighted by Gasteiger charge is -2.09. The van der Waals surface area contributed by atoms with E-state index in [0.717, 1.165) is 22.5 Å². The Balaban J connectivity index is 1.68. The first-order valence-electron chi connectivity index (χ1n) is 7.74. The molecule has 4 nitrogen and oxygen atoms in total. The number of nitrogens with zero attached hydrogens (tertiary/aromatic N) is 3. The van der Waals surface area contributed by atoms with Crippen LogP contribution < -0.4 is 4.74 Å². The van der Waals surface area contributed by atoms with Gasteiger partial charge < -0.3 is 4.74 Å². The Hall–Kier alpha value is -2.53. The largest absolute Gasteiger partial charge is 0.486 e. The summed E-state index contributed by atoms with van der Waals surface area (Å²) in [5, 5.41) is 9.47. The highest BCUT2D eigenvalue weighted by molar-refractivity contribution is 7.98. The molecule has 1 aromatic heterocycles. The smallest absolute Gasteiger partial charge is 0.191 e. The van der Waals surface area contributed by atoms with Crippen LogP contribution in [0.5, 0.6) is 5.75 Å². The summed E-state index contributed by atoms with van der Waals surface area (Å²) >= 11 is 1.67. The van der Waals surface area contributed by atoms with Gasteiger partial charge in [0.15, 0.2) is 11.0 Å². The van der Waals surface area contributed by atoms with E-state index in [1.807, 2.05) is 59.2 Å². The van der Waals surface area contributed by atoms with Gasteiger partial charge in [-0.25, -0.2) is 0 Å². The fourth-order valence-electron chi connectivity index (χ4n) is 2.23. The molecule has 122 valence electrons. The third-order valence-electron chi connectivity index (χ3n) is 3.43. The van der Waals surface area contributed by atoms with Gasteiger partial charge in [-0.15, -0.1) is 16.8 Å². The molecule has 3 aromatic rings. The number of para-hydroxylation sites is 1. The van der Waals surface area contributed by atoms with Crippen LogP contribution in [0, 0.1) is 0 Å². The molecule has 0 bridgehead atoms. The molecule has 0 saturated carbocycles. The summed E-state index contributed by atoms with van der Waals surface area (Å²) < 4.78 is 7.83. The molecular weight excluding hydrogens is 318 g/mol. The van der Waals surface area contributed by atoms with E-state index in [-0.39, 0.29) is 0 Å². The molecule has 0 unspecified atom stereocenters. The van der Waals surface area contributed by atoms with Gasteiger partial charge in [-0.05, 0) is 17.7 Å². The van der Waals surface area contributed by atoms with Crippen molar-refractivity contribution in [3.05, 3.63) is 84.7 Å². The molecule has 3 rings (SSSR count). The maximum absolute atomic E-state index is 5.79. The van der Waals surface area contributed by atoms with Crippen molar-refractivity contribution in [2.75, 3.05) is 0 Å². The first-order chi connectivity index (χ1) is 11.9. The normalized spacial score (nSPS) is 10.5. The van der Waals surface area contributed by atoms with Gasteiger partial charge >= 0.3 is 0 Å². The van der Waals surface area contributed by atoms with Crippen molar-refractivity contribution in [3.8, 4) is 5.75 Å². The van der Waals surface area contributed by atoms with Crippen LogP contribution in [0.2, 0.25) is 0 Å². The molecule has 1 heterocycles. The Morgan fingerprint density at radius 2 is 1.71 bits per heavy atom. The summed E-state index contributed by atoms with van der Waals surface area (Å²) in [5.74, 6) is 2.48. The summed E-state index contributed by atoms with van der Waals surface area (Å²) in [6.45, 7) is 4.88. The minimum absolute atomic E-state index is 0.386. The first kappa shape index (κ1) is 16.3. The van der Waals surface area contributed by atoms with Crippen LogP contribution in [0.15, 0.2) is 78.5 Å². The van der Waals surface area contributed by atoms with Crippen LogP contribution in [0.3, 0.4) is 0 Å². The van der Waals surface area contributed by atoms with Crippen LogP contribution in [0.4, 0.5) is 0 Å². The summed E-state index contributed by atoms with van der Waals surface area (Å²) in [4.78, 5) is 0. The Bertz CT molecular complexity index is 711. The van der Waals surface area contributed by atoms with Gasteiger partial charge in [-0.3, -0.25) is 4.57 Å². The Kier molecular flexibility index (Phi) is 5.69. The molecule has 0 fully saturated rings. The van der Waals surface area contributed by atoms with Gasteiger partial charge in [-0.1, -0.05) is 66.4 Å². The average molecular weight is 337 g/mol. The minimum Gasteiger partial charge on any atom is -0.486 e. The first-order valence-corrected chi connectivity index (χ1v) is 8.73. The molecule has 0 aliphatic heterocycles. The van der Waals surface area contributed by atoms with Gasteiger partial charge in [0, 0.05) is 12.3 Å². The van der Waals surface area contributed by atoms with Crippen molar-refractivity contribution in [2.24, 2.45) is 0 Å². The van der Waals surface area contributed by atoms with Crippen LogP contribution in [0.25, 0.3) is 0 Å². The molecular formula is C19H19N3OS. The molecule has 0 atom stereocenters. The second kappa shape index (κ2) is 8.36. The molecule has 0 saturated heterocycles. The Morgan fingerprint density at radius 1 is 1.00 bits per heavy atom. The highest BCUT2D eigenvalue weighted by Crippen LogP contribution is 2.22. The average Bonchev–Trinajstić information content (AvgIpc) is 3.02. The molecule has 0 amide bonds. The Labute approximate surface area is 146 Å². The highest BCUT2D eigenvalue weighted by Gasteiger charge is 2.12. The van der Waals surface area contributed by atoms with E-state index in [9.17, 15) is 0 Å². The Morgan fingerprint density at radius 3 is 2.42 bits per heavy atom. The van der Waals surface area contributed by atoms with Crippen molar-refractivity contribution in [1.29, 1.82) is 0 Å². The van der Waals surface area contributed by atoms with Crippen LogP contribution in [-0.2, 0) is 18.9 Å². The number of benzene rings is 2. The predicted octanol–water partition coefficient (Wildman–Crippen LogP) is 4.34. The third kappa shape index (κ3) is 4.26. The minimum atomic E-state index is 0.386. The summed E-state index contributed by atoms with van der Waals surface area (Å²) in [6.07, 6.45) is 1.85. The van der Waals surface area contributed by atoms with Crippen molar-refractivity contribution in [1.82, 2.24) is 14.8 Å². The summed E-state index contributed by atoms with van der Waals surface area (Å²) in [6, 6.07) is 20.1. The predicted molar refractivity (Wildman–Crippen MR) is 97.0 cm³/mol. The van der Waals surface area contributed by atoms with E-state index < -0.39 is 0 Å². The molecule has 0 spiro atoms. The zero-order chi connectivity index (χ0) is 16.6. The number of thioether (sulfide) groups is 1. The van der Waals surface area contributed by atoms with Crippen molar-refractivity contribution in [3.63, 3.8) is 0 Å². The van der Waals surface area contributed by atoms with E-state index in [1.165, 1.54) is 5.56 Å². The molecule has 0 aliphatic carbocycles. The van der Waals surface area contributed by atoms with Gasteiger partial charge in [0.05, 0.1) is 0 Å². The fraction of sp³-hybridized carbons (Fsp3) is 0.158. The van der Waals surface area contributed by atoms with E-state index in [4.69, 9.17) is 4.74 Å². The number of ether oxygens (including phenoxy) is 1. The molecule has 0 aliphatic rings. The number of aromatic nitrogens is 3. The standard InChI is InChI=1S/C19H19N3OS/c1-2-13-22-18(14-23-17-11-7-4-8-12-17)20-21-19(22)24-15-16-9-5-3-6-10-16/h2-12H,1,13-15H2. The molecule has 24 heavy (non-hydrogen) atoms. The fourth-order valence-corrected chi connectivity index (χ4v) is 3.15. The maximum Gasteiger partial charge on any atom is 0.191 e. The second-order valence-electron chi connectivity index (χ2n) is 5.17. The zero-order valence-corrected chi connectivity index (χ0v) is 14.2. The molecule has 5 heteroatoms. The lowest BCUT2D eigenvalue weighted by Crippen LogP contribution is -2.07. The van der Waals surface area contributed by atoms with Crippen molar-refractivity contribution in [2.45, 2.75) is 24.1 Å². The molecule has 0 N–H and O–H groups in total.